The maximum atomic E-state index is 12.6. The van der Waals surface area contributed by atoms with Crippen molar-refractivity contribution in [2.45, 2.75) is 43.2 Å². The lowest BCUT2D eigenvalue weighted by Gasteiger charge is -2.31. The number of aryl methyl sites for hydroxylation is 1. The monoisotopic (exact) mass is 379 g/mol. The minimum atomic E-state index is -3.48. The Labute approximate surface area is 153 Å². The van der Waals surface area contributed by atoms with Gasteiger partial charge in [0, 0.05) is 32.6 Å². The maximum Gasteiger partial charge on any atom is 0.276 e. The quantitative estimate of drug-likeness (QED) is 0.784. The van der Waals surface area contributed by atoms with Gasteiger partial charge in [-0.25, -0.2) is 8.42 Å². The summed E-state index contributed by atoms with van der Waals surface area (Å²) in [4.78, 5) is 2.30. The second kappa shape index (κ2) is 7.13. The van der Waals surface area contributed by atoms with Crippen LogP contribution in [0, 0.1) is 0 Å². The van der Waals surface area contributed by atoms with E-state index >= 15 is 0 Å². The molecule has 2 aromatic heterocycles. The summed E-state index contributed by atoms with van der Waals surface area (Å²) in [5.74, 6) is 2.05. The number of nitrogens with zero attached hydrogens (tertiary/aromatic N) is 5. The molecule has 0 unspecified atom stereocenters. The van der Waals surface area contributed by atoms with Crippen molar-refractivity contribution in [3.05, 3.63) is 30.0 Å². The third-order valence-corrected chi connectivity index (χ3v) is 7.07. The Balaban J connectivity index is 1.43. The summed E-state index contributed by atoms with van der Waals surface area (Å²) in [6.45, 7) is 3.64. The first-order chi connectivity index (χ1) is 12.5. The first kappa shape index (κ1) is 17.7. The molecular weight excluding hydrogens is 354 g/mol. The molecule has 2 aliphatic heterocycles. The third-order valence-electron chi connectivity index (χ3n) is 5.29. The molecule has 0 amide bonds. The maximum absolute atomic E-state index is 12.6. The molecule has 4 rings (SSSR count). The Morgan fingerprint density at radius 1 is 1.19 bits per heavy atom. The van der Waals surface area contributed by atoms with E-state index in [9.17, 15) is 8.42 Å². The van der Waals surface area contributed by atoms with Crippen LogP contribution in [0.2, 0.25) is 0 Å². The van der Waals surface area contributed by atoms with Gasteiger partial charge in [-0.2, -0.15) is 4.31 Å². The van der Waals surface area contributed by atoms with E-state index in [1.807, 2.05) is 11.6 Å². The van der Waals surface area contributed by atoms with Crippen LogP contribution in [0.5, 0.6) is 0 Å². The molecule has 2 aliphatic rings. The molecule has 0 bridgehead atoms. The van der Waals surface area contributed by atoms with Gasteiger partial charge in [0.2, 0.25) is 5.09 Å². The molecule has 0 spiro atoms. The highest BCUT2D eigenvalue weighted by atomic mass is 32.2. The van der Waals surface area contributed by atoms with Gasteiger partial charge in [0.1, 0.15) is 17.9 Å². The van der Waals surface area contributed by atoms with Crippen molar-refractivity contribution in [3.63, 3.8) is 0 Å². The largest absolute Gasteiger partial charge is 0.447 e. The summed E-state index contributed by atoms with van der Waals surface area (Å²) in [6, 6.07) is 3.38. The second-order valence-corrected chi connectivity index (χ2v) is 9.08. The first-order valence-corrected chi connectivity index (χ1v) is 10.6. The van der Waals surface area contributed by atoms with Crippen LogP contribution < -0.4 is 0 Å². The van der Waals surface area contributed by atoms with E-state index in [1.165, 1.54) is 4.31 Å². The van der Waals surface area contributed by atoms with Crippen molar-refractivity contribution in [2.75, 3.05) is 26.2 Å². The number of hydrogen-bond acceptors (Lipinski definition) is 6. The van der Waals surface area contributed by atoms with E-state index in [2.05, 4.69) is 15.1 Å². The molecule has 8 nitrogen and oxygen atoms in total. The van der Waals surface area contributed by atoms with Gasteiger partial charge < -0.3 is 8.98 Å². The number of hydrogen-bond donors (Lipinski definition) is 0. The van der Waals surface area contributed by atoms with E-state index in [1.54, 1.807) is 18.5 Å². The molecule has 2 fully saturated rings. The summed E-state index contributed by atoms with van der Waals surface area (Å²) in [6.07, 6.45) is 5.75. The standard InChI is InChI=1S/C17H25N5O3S/c1-20-13-18-19-17(20)14-5-4-8-21(11-14)12-15-6-7-16(25-15)26(23,24)22-9-2-3-10-22/h6-7,13-14H,2-5,8-12H2,1H3/t14-/m0/s1. The Bertz CT molecular complexity index is 853. The zero-order chi connectivity index (χ0) is 18.1. The second-order valence-electron chi connectivity index (χ2n) is 7.21. The van der Waals surface area contributed by atoms with Crippen molar-refractivity contribution in [2.24, 2.45) is 7.05 Å². The predicted molar refractivity (Wildman–Crippen MR) is 95.0 cm³/mol. The molecule has 1 atom stereocenters. The van der Waals surface area contributed by atoms with Gasteiger partial charge in [0.25, 0.3) is 10.0 Å². The van der Waals surface area contributed by atoms with Crippen LogP contribution in [0.15, 0.2) is 28.0 Å². The normalized spacial score (nSPS) is 22.9. The van der Waals surface area contributed by atoms with Gasteiger partial charge in [-0.05, 0) is 44.4 Å². The van der Waals surface area contributed by atoms with E-state index < -0.39 is 10.0 Å². The molecule has 4 heterocycles. The Kier molecular flexibility index (Phi) is 4.85. The minimum Gasteiger partial charge on any atom is -0.447 e. The van der Waals surface area contributed by atoms with Crippen LogP contribution >= 0.6 is 0 Å². The lowest BCUT2D eigenvalue weighted by Crippen LogP contribution is -2.34. The number of likely N-dealkylation sites (tertiary alicyclic amines) is 1. The van der Waals surface area contributed by atoms with Crippen molar-refractivity contribution >= 4 is 10.0 Å². The predicted octanol–water partition coefficient (Wildman–Crippen LogP) is 1.57. The lowest BCUT2D eigenvalue weighted by atomic mass is 9.97. The highest BCUT2D eigenvalue weighted by molar-refractivity contribution is 7.89. The van der Waals surface area contributed by atoms with Gasteiger partial charge in [0.05, 0.1) is 6.54 Å². The fraction of sp³-hybridized carbons (Fsp3) is 0.647. The molecule has 0 radical (unpaired) electrons. The smallest absolute Gasteiger partial charge is 0.276 e. The molecule has 0 aromatic carbocycles. The summed E-state index contributed by atoms with van der Waals surface area (Å²) < 4.78 is 34.4. The lowest BCUT2D eigenvalue weighted by molar-refractivity contribution is 0.178. The van der Waals surface area contributed by atoms with Gasteiger partial charge in [-0.1, -0.05) is 0 Å². The van der Waals surface area contributed by atoms with E-state index in [-0.39, 0.29) is 5.09 Å². The molecule has 9 heteroatoms. The van der Waals surface area contributed by atoms with Crippen LogP contribution in [-0.2, 0) is 23.6 Å². The SMILES string of the molecule is Cn1cnnc1[C@H]1CCCN(Cc2ccc(S(=O)(=O)N3CCCC3)o2)C1. The summed E-state index contributed by atoms with van der Waals surface area (Å²) in [7, 11) is -1.52. The number of piperidine rings is 1. The Morgan fingerprint density at radius 2 is 2.00 bits per heavy atom. The van der Waals surface area contributed by atoms with Crippen LogP contribution in [0.4, 0.5) is 0 Å². The van der Waals surface area contributed by atoms with Crippen LogP contribution in [0.3, 0.4) is 0 Å². The number of rotatable bonds is 5. The van der Waals surface area contributed by atoms with Crippen molar-refractivity contribution in [1.29, 1.82) is 0 Å². The average molecular weight is 379 g/mol. The number of furan rings is 1. The molecule has 0 N–H and O–H groups in total. The average Bonchev–Trinajstić information content (AvgIpc) is 3.37. The summed E-state index contributed by atoms with van der Waals surface area (Å²) >= 11 is 0. The van der Waals surface area contributed by atoms with E-state index in [0.29, 0.717) is 31.3 Å². The number of sulfonamides is 1. The molecule has 142 valence electrons. The highest BCUT2D eigenvalue weighted by Crippen LogP contribution is 2.27. The first-order valence-electron chi connectivity index (χ1n) is 9.19. The van der Waals surface area contributed by atoms with E-state index in [0.717, 1.165) is 44.6 Å². The van der Waals surface area contributed by atoms with E-state index in [4.69, 9.17) is 4.42 Å². The minimum absolute atomic E-state index is 0.0660. The fourth-order valence-corrected chi connectivity index (χ4v) is 5.38. The van der Waals surface area contributed by atoms with Crippen molar-refractivity contribution < 1.29 is 12.8 Å². The topological polar surface area (TPSA) is 84.5 Å². The Morgan fingerprint density at radius 3 is 2.73 bits per heavy atom. The third kappa shape index (κ3) is 3.43. The zero-order valence-electron chi connectivity index (χ0n) is 15.0. The Hall–Kier alpha value is -1.71. The van der Waals surface area contributed by atoms with Gasteiger partial charge in [-0.15, -0.1) is 10.2 Å². The molecule has 26 heavy (non-hydrogen) atoms. The molecule has 0 saturated carbocycles. The molecule has 2 aromatic rings. The van der Waals surface area contributed by atoms with Gasteiger partial charge in [0.15, 0.2) is 0 Å². The van der Waals surface area contributed by atoms with Gasteiger partial charge in [-0.3, -0.25) is 4.90 Å². The molecule has 2 saturated heterocycles. The van der Waals surface area contributed by atoms with Crippen molar-refractivity contribution in [1.82, 2.24) is 24.0 Å². The number of aromatic nitrogens is 3. The summed E-state index contributed by atoms with van der Waals surface area (Å²) in [5.41, 5.74) is 0. The molecule has 0 aliphatic carbocycles. The van der Waals surface area contributed by atoms with Crippen LogP contribution in [0.1, 0.15) is 43.2 Å². The van der Waals surface area contributed by atoms with Crippen LogP contribution in [0.25, 0.3) is 0 Å². The summed E-state index contributed by atoms with van der Waals surface area (Å²) in [5, 5.41) is 8.28. The van der Waals surface area contributed by atoms with Gasteiger partial charge >= 0.3 is 0 Å². The molecular formula is C17H25N5O3S. The highest BCUT2D eigenvalue weighted by Gasteiger charge is 2.30. The fourth-order valence-electron chi connectivity index (χ4n) is 3.93. The van der Waals surface area contributed by atoms with Crippen LogP contribution in [-0.4, -0.2) is 58.6 Å². The zero-order valence-corrected chi connectivity index (χ0v) is 15.9. The van der Waals surface area contributed by atoms with Crippen molar-refractivity contribution in [3.8, 4) is 0 Å².